The topological polar surface area (TPSA) is 6.48 Å². The molecule has 94 valence electrons. The minimum absolute atomic E-state index is 0. The van der Waals surface area contributed by atoms with Gasteiger partial charge in [0.2, 0.25) is 0 Å². The fourth-order valence-corrected chi connectivity index (χ4v) is 1.62. The van der Waals surface area contributed by atoms with Crippen LogP contribution in [0.4, 0.5) is 0 Å². The average Bonchev–Trinajstić information content (AvgIpc) is 2.26. The van der Waals surface area contributed by atoms with E-state index in [0.29, 0.717) is 0 Å². The standard InChI is InChI=1S/C12H22N2S.CH4/c1-3-12(15)6-4-5-7-14-10-8-13(2)9-11-14;/h4-6,15H,3,7-11H2,1-2H3;1H4/b5-4+,12-6-;. The molecule has 0 saturated carbocycles. The summed E-state index contributed by atoms with van der Waals surface area (Å²) in [5, 5.41) is 0. The summed E-state index contributed by atoms with van der Waals surface area (Å²) in [6.45, 7) is 7.94. The molecular formula is C13H26N2S. The molecule has 0 aliphatic carbocycles. The molecule has 0 amide bonds. The van der Waals surface area contributed by atoms with Crippen LogP contribution in [0.5, 0.6) is 0 Å². The van der Waals surface area contributed by atoms with Crippen molar-refractivity contribution in [1.82, 2.24) is 9.80 Å². The third-order valence-corrected chi connectivity index (χ3v) is 3.21. The normalized spacial score (nSPS) is 20.1. The molecule has 0 unspecified atom stereocenters. The van der Waals surface area contributed by atoms with Gasteiger partial charge in [-0.2, -0.15) is 0 Å². The fraction of sp³-hybridized carbons (Fsp3) is 0.692. The lowest BCUT2D eigenvalue weighted by molar-refractivity contribution is 0.166. The third-order valence-electron chi connectivity index (χ3n) is 2.75. The molecule has 1 heterocycles. The van der Waals surface area contributed by atoms with E-state index in [2.05, 4.69) is 54.6 Å². The van der Waals surface area contributed by atoms with Crippen molar-refractivity contribution in [2.24, 2.45) is 0 Å². The van der Waals surface area contributed by atoms with E-state index in [9.17, 15) is 0 Å². The maximum absolute atomic E-state index is 4.33. The van der Waals surface area contributed by atoms with Crippen LogP contribution in [0.2, 0.25) is 0 Å². The Hall–Kier alpha value is -0.250. The summed E-state index contributed by atoms with van der Waals surface area (Å²) in [5.74, 6) is 0. The Morgan fingerprint density at radius 1 is 1.25 bits per heavy atom. The van der Waals surface area contributed by atoms with Crippen LogP contribution < -0.4 is 0 Å². The van der Waals surface area contributed by atoms with Gasteiger partial charge in [0.05, 0.1) is 0 Å². The fourth-order valence-electron chi connectivity index (χ4n) is 1.54. The molecular weight excluding hydrogens is 216 g/mol. The second-order valence-electron chi connectivity index (χ2n) is 4.04. The quantitative estimate of drug-likeness (QED) is 0.598. The second kappa shape index (κ2) is 8.85. The van der Waals surface area contributed by atoms with Crippen molar-refractivity contribution in [1.29, 1.82) is 0 Å². The van der Waals surface area contributed by atoms with Gasteiger partial charge in [-0.3, -0.25) is 4.90 Å². The van der Waals surface area contributed by atoms with Crippen molar-refractivity contribution in [3.8, 4) is 0 Å². The summed E-state index contributed by atoms with van der Waals surface area (Å²) < 4.78 is 0. The predicted molar refractivity (Wildman–Crippen MR) is 77.2 cm³/mol. The van der Waals surface area contributed by atoms with E-state index in [4.69, 9.17) is 0 Å². The Bertz CT molecular complexity index is 228. The molecule has 1 aliphatic heterocycles. The Labute approximate surface area is 106 Å². The molecule has 0 radical (unpaired) electrons. The minimum Gasteiger partial charge on any atom is -0.304 e. The molecule has 0 bridgehead atoms. The Morgan fingerprint density at radius 3 is 2.44 bits per heavy atom. The molecule has 1 fully saturated rings. The van der Waals surface area contributed by atoms with E-state index < -0.39 is 0 Å². The van der Waals surface area contributed by atoms with Crippen LogP contribution in [0, 0.1) is 0 Å². The summed E-state index contributed by atoms with van der Waals surface area (Å²) in [6.07, 6.45) is 7.43. The Kier molecular flexibility index (Phi) is 8.71. The van der Waals surface area contributed by atoms with Crippen LogP contribution in [0.3, 0.4) is 0 Å². The Morgan fingerprint density at radius 2 is 1.88 bits per heavy atom. The smallest absolute Gasteiger partial charge is 0.0167 e. The second-order valence-corrected chi connectivity index (χ2v) is 4.62. The number of hydrogen-bond donors (Lipinski definition) is 1. The van der Waals surface area contributed by atoms with E-state index in [0.717, 1.165) is 17.9 Å². The number of allylic oxidation sites excluding steroid dienone is 3. The summed E-state index contributed by atoms with van der Waals surface area (Å²) in [5.41, 5.74) is 0. The minimum atomic E-state index is 0. The lowest BCUT2D eigenvalue weighted by Crippen LogP contribution is -2.44. The van der Waals surface area contributed by atoms with E-state index in [1.807, 2.05) is 0 Å². The van der Waals surface area contributed by atoms with E-state index in [1.54, 1.807) is 0 Å². The number of rotatable bonds is 4. The van der Waals surface area contributed by atoms with Gasteiger partial charge in [0.1, 0.15) is 0 Å². The predicted octanol–water partition coefficient (Wildman–Crippen LogP) is 2.65. The van der Waals surface area contributed by atoms with Gasteiger partial charge >= 0.3 is 0 Å². The molecule has 0 aromatic heterocycles. The first kappa shape index (κ1) is 15.8. The molecule has 16 heavy (non-hydrogen) atoms. The van der Waals surface area contributed by atoms with Gasteiger partial charge in [-0.25, -0.2) is 0 Å². The van der Waals surface area contributed by atoms with Crippen LogP contribution >= 0.6 is 12.6 Å². The first-order valence-corrected chi connectivity index (χ1v) is 6.12. The zero-order valence-electron chi connectivity index (χ0n) is 9.82. The lowest BCUT2D eigenvalue weighted by Gasteiger charge is -2.31. The van der Waals surface area contributed by atoms with Crippen LogP contribution in [0.1, 0.15) is 20.8 Å². The molecule has 1 saturated heterocycles. The molecule has 2 nitrogen and oxygen atoms in total. The first-order valence-electron chi connectivity index (χ1n) is 5.68. The molecule has 0 aromatic rings. The van der Waals surface area contributed by atoms with Crippen molar-refractivity contribution in [2.75, 3.05) is 39.8 Å². The van der Waals surface area contributed by atoms with Gasteiger partial charge in [0.25, 0.3) is 0 Å². The van der Waals surface area contributed by atoms with Crippen LogP contribution in [-0.2, 0) is 0 Å². The number of thiol groups is 1. The largest absolute Gasteiger partial charge is 0.304 e. The van der Waals surface area contributed by atoms with Crippen molar-refractivity contribution >= 4 is 12.6 Å². The van der Waals surface area contributed by atoms with Gasteiger partial charge in [-0.15, -0.1) is 12.6 Å². The highest BCUT2D eigenvalue weighted by atomic mass is 32.1. The van der Waals surface area contributed by atoms with Crippen LogP contribution in [0.15, 0.2) is 23.1 Å². The number of nitrogens with zero attached hydrogens (tertiary/aromatic N) is 2. The van der Waals surface area contributed by atoms with E-state index in [-0.39, 0.29) is 7.43 Å². The Balaban J connectivity index is 0.00000225. The molecule has 0 atom stereocenters. The maximum Gasteiger partial charge on any atom is 0.0167 e. The molecule has 1 rings (SSSR count). The van der Waals surface area contributed by atoms with Crippen molar-refractivity contribution < 1.29 is 0 Å². The van der Waals surface area contributed by atoms with Gasteiger partial charge < -0.3 is 4.90 Å². The molecule has 0 N–H and O–H groups in total. The third kappa shape index (κ3) is 6.36. The molecule has 0 aromatic carbocycles. The summed E-state index contributed by atoms with van der Waals surface area (Å²) in [7, 11) is 2.18. The number of hydrogen-bond acceptors (Lipinski definition) is 3. The first-order chi connectivity index (χ1) is 7.22. The summed E-state index contributed by atoms with van der Waals surface area (Å²) in [4.78, 5) is 6.00. The van der Waals surface area contributed by atoms with Crippen molar-refractivity contribution in [3.63, 3.8) is 0 Å². The highest BCUT2D eigenvalue weighted by molar-refractivity contribution is 7.84. The lowest BCUT2D eigenvalue weighted by atomic mass is 10.3. The highest BCUT2D eigenvalue weighted by Crippen LogP contribution is 2.04. The maximum atomic E-state index is 4.33. The van der Waals surface area contributed by atoms with Crippen LogP contribution in [-0.4, -0.2) is 49.6 Å². The van der Waals surface area contributed by atoms with Gasteiger partial charge in [0.15, 0.2) is 0 Å². The van der Waals surface area contributed by atoms with Gasteiger partial charge in [0, 0.05) is 32.7 Å². The SMILES string of the molecule is C.CC/C(S)=C/C=C/CN1CCN(C)CC1. The highest BCUT2D eigenvalue weighted by Gasteiger charge is 2.11. The van der Waals surface area contributed by atoms with E-state index >= 15 is 0 Å². The zero-order valence-corrected chi connectivity index (χ0v) is 10.7. The summed E-state index contributed by atoms with van der Waals surface area (Å²) >= 11 is 4.33. The molecule has 1 aliphatic rings. The van der Waals surface area contributed by atoms with Gasteiger partial charge in [-0.1, -0.05) is 32.6 Å². The average molecular weight is 242 g/mol. The number of piperazine rings is 1. The zero-order chi connectivity index (χ0) is 11.1. The van der Waals surface area contributed by atoms with Crippen molar-refractivity contribution in [3.05, 3.63) is 23.1 Å². The van der Waals surface area contributed by atoms with Crippen molar-refractivity contribution in [2.45, 2.75) is 20.8 Å². The number of likely N-dealkylation sites (N-methyl/N-ethyl adjacent to an activating group) is 1. The van der Waals surface area contributed by atoms with Gasteiger partial charge in [-0.05, 0) is 18.4 Å². The molecule has 0 spiro atoms. The monoisotopic (exact) mass is 242 g/mol. The van der Waals surface area contributed by atoms with Crippen LogP contribution in [0.25, 0.3) is 0 Å². The van der Waals surface area contributed by atoms with E-state index in [1.165, 1.54) is 26.2 Å². The summed E-state index contributed by atoms with van der Waals surface area (Å²) in [6, 6.07) is 0. The molecule has 3 heteroatoms.